The molecule has 4 heterocycles. The third-order valence-electron chi connectivity index (χ3n) is 4.94. The highest BCUT2D eigenvalue weighted by molar-refractivity contribution is 4.92. The molecule has 4 aliphatic rings. The van der Waals surface area contributed by atoms with Crippen LogP contribution in [0.15, 0.2) is 0 Å². The quantitative estimate of drug-likeness (QED) is 0.762. The third kappa shape index (κ3) is 2.13. The van der Waals surface area contributed by atoms with Gasteiger partial charge in [0.2, 0.25) is 0 Å². The first kappa shape index (κ1) is 11.0. The van der Waals surface area contributed by atoms with Crippen molar-refractivity contribution in [3.63, 3.8) is 0 Å². The molecule has 4 aliphatic heterocycles. The molecule has 4 saturated heterocycles. The molecular weight excluding hydrogens is 198 g/mol. The Balaban J connectivity index is 1.48. The van der Waals surface area contributed by atoms with E-state index in [4.69, 9.17) is 0 Å². The van der Waals surface area contributed by atoms with Gasteiger partial charge < -0.3 is 15.1 Å². The zero-order valence-corrected chi connectivity index (χ0v) is 10.5. The van der Waals surface area contributed by atoms with Crippen LogP contribution in [0.5, 0.6) is 0 Å². The molecule has 0 amide bonds. The number of nitrogens with zero attached hydrogens (tertiary/aromatic N) is 2. The molecule has 0 spiro atoms. The van der Waals surface area contributed by atoms with Crippen LogP contribution in [0.2, 0.25) is 0 Å². The summed E-state index contributed by atoms with van der Waals surface area (Å²) in [5.41, 5.74) is 0. The molecule has 92 valence electrons. The van der Waals surface area contributed by atoms with E-state index in [1.54, 1.807) is 0 Å². The number of likely N-dealkylation sites (tertiary alicyclic amines) is 1. The molecule has 16 heavy (non-hydrogen) atoms. The summed E-state index contributed by atoms with van der Waals surface area (Å²) in [6.45, 7) is 6.53. The number of hydrogen-bond acceptors (Lipinski definition) is 3. The summed E-state index contributed by atoms with van der Waals surface area (Å²) in [5, 5.41) is 3.84. The minimum Gasteiger partial charge on any atom is -0.311 e. The normalized spacial score (nSPS) is 44.1. The summed E-state index contributed by atoms with van der Waals surface area (Å²) in [6.07, 6.45) is 5.64. The van der Waals surface area contributed by atoms with Gasteiger partial charge in [-0.15, -0.1) is 0 Å². The molecule has 0 saturated carbocycles. The highest BCUT2D eigenvalue weighted by Gasteiger charge is 2.34. The molecule has 0 aromatic rings. The van der Waals surface area contributed by atoms with Gasteiger partial charge in [-0.2, -0.15) is 0 Å². The first-order valence-electron chi connectivity index (χ1n) is 6.99. The average Bonchev–Trinajstić information content (AvgIpc) is 2.74. The molecule has 0 aromatic carbocycles. The van der Waals surface area contributed by atoms with E-state index in [9.17, 15) is 0 Å². The highest BCUT2D eigenvalue weighted by atomic mass is 15.2. The van der Waals surface area contributed by atoms with Crippen molar-refractivity contribution in [1.82, 2.24) is 15.1 Å². The summed E-state index contributed by atoms with van der Waals surface area (Å²) in [5.74, 6) is 0.969. The Bertz CT molecular complexity index is 235. The second-order valence-corrected chi connectivity index (χ2v) is 5.93. The third-order valence-corrected chi connectivity index (χ3v) is 4.94. The summed E-state index contributed by atoms with van der Waals surface area (Å²) >= 11 is 0. The number of nitrogens with one attached hydrogen (secondary N) is 1. The molecule has 1 N–H and O–H groups in total. The minimum absolute atomic E-state index is 0.788. The Labute approximate surface area is 99.2 Å². The zero-order valence-electron chi connectivity index (χ0n) is 10.5. The number of fused-ring (bicyclic) bond motifs is 3. The van der Waals surface area contributed by atoms with Gasteiger partial charge in [-0.25, -0.2) is 0 Å². The topological polar surface area (TPSA) is 18.5 Å². The van der Waals surface area contributed by atoms with E-state index < -0.39 is 0 Å². The van der Waals surface area contributed by atoms with Crippen molar-refractivity contribution >= 4 is 0 Å². The maximum atomic E-state index is 3.84. The van der Waals surface area contributed by atoms with Crippen molar-refractivity contribution in [3.8, 4) is 0 Å². The van der Waals surface area contributed by atoms with Gasteiger partial charge >= 0.3 is 0 Å². The maximum absolute atomic E-state index is 3.84. The fourth-order valence-corrected chi connectivity index (χ4v) is 3.72. The predicted molar refractivity (Wildman–Crippen MR) is 66.6 cm³/mol. The zero-order chi connectivity index (χ0) is 11.0. The fraction of sp³-hybridized carbons (Fsp3) is 1.00. The van der Waals surface area contributed by atoms with Gasteiger partial charge in [0.05, 0.1) is 0 Å². The van der Waals surface area contributed by atoms with Crippen LogP contribution in [0, 0.1) is 5.92 Å². The van der Waals surface area contributed by atoms with E-state index in [1.165, 1.54) is 58.4 Å². The fourth-order valence-electron chi connectivity index (χ4n) is 3.72. The van der Waals surface area contributed by atoms with Crippen LogP contribution in [0.25, 0.3) is 0 Å². The van der Waals surface area contributed by atoms with Crippen molar-refractivity contribution in [3.05, 3.63) is 0 Å². The summed E-state index contributed by atoms with van der Waals surface area (Å²) in [7, 11) is 2.27. The lowest BCUT2D eigenvalue weighted by atomic mass is 9.84. The lowest BCUT2D eigenvalue weighted by molar-refractivity contribution is 0.0699. The van der Waals surface area contributed by atoms with Crippen LogP contribution >= 0.6 is 0 Å². The van der Waals surface area contributed by atoms with Gasteiger partial charge in [-0.1, -0.05) is 0 Å². The molecule has 3 heteroatoms. The molecular formula is C13H25N3. The molecule has 4 fully saturated rings. The standard InChI is InChI=1S/C13H25N3/c1-15-6-2-3-12(15)9-14-13-10-16-7-4-11(13)5-8-16/h11-14H,2-10H2,1H3. The second-order valence-electron chi connectivity index (χ2n) is 5.93. The Morgan fingerprint density at radius 1 is 1.12 bits per heavy atom. The minimum atomic E-state index is 0.788. The van der Waals surface area contributed by atoms with Gasteiger partial charge in [0, 0.05) is 25.2 Å². The van der Waals surface area contributed by atoms with Gasteiger partial charge in [0.1, 0.15) is 0 Å². The predicted octanol–water partition coefficient (Wildman–Crippen LogP) is 0.764. The average molecular weight is 223 g/mol. The molecule has 3 nitrogen and oxygen atoms in total. The first-order valence-corrected chi connectivity index (χ1v) is 6.99. The monoisotopic (exact) mass is 223 g/mol. The summed E-state index contributed by atoms with van der Waals surface area (Å²) in [6, 6.07) is 1.59. The van der Waals surface area contributed by atoms with Gasteiger partial charge in [0.15, 0.2) is 0 Å². The smallest absolute Gasteiger partial charge is 0.0224 e. The van der Waals surface area contributed by atoms with Crippen molar-refractivity contribution in [2.75, 3.05) is 39.8 Å². The number of likely N-dealkylation sites (N-methyl/N-ethyl adjacent to an activating group) is 1. The Morgan fingerprint density at radius 3 is 2.50 bits per heavy atom. The SMILES string of the molecule is CN1CCCC1CNC1CN2CCC1CC2. The van der Waals surface area contributed by atoms with Crippen molar-refractivity contribution in [2.24, 2.45) is 5.92 Å². The Hall–Kier alpha value is -0.120. The first-order chi connectivity index (χ1) is 7.83. The summed E-state index contributed by atoms with van der Waals surface area (Å²) in [4.78, 5) is 5.16. The second kappa shape index (κ2) is 4.63. The Morgan fingerprint density at radius 2 is 1.94 bits per heavy atom. The van der Waals surface area contributed by atoms with Crippen LogP contribution in [-0.4, -0.2) is 61.7 Å². The molecule has 4 rings (SSSR count). The summed E-state index contributed by atoms with van der Waals surface area (Å²) < 4.78 is 0. The molecule has 2 unspecified atom stereocenters. The molecule has 0 aliphatic carbocycles. The van der Waals surface area contributed by atoms with Crippen molar-refractivity contribution < 1.29 is 0 Å². The van der Waals surface area contributed by atoms with Gasteiger partial charge in [-0.3, -0.25) is 0 Å². The molecule has 0 aromatic heterocycles. The van der Waals surface area contributed by atoms with Crippen LogP contribution < -0.4 is 5.32 Å². The van der Waals surface area contributed by atoms with E-state index in [1.807, 2.05) is 0 Å². The molecule has 2 bridgehead atoms. The molecule has 0 radical (unpaired) electrons. The number of rotatable bonds is 3. The van der Waals surface area contributed by atoms with E-state index in [2.05, 4.69) is 22.2 Å². The van der Waals surface area contributed by atoms with Crippen LogP contribution in [-0.2, 0) is 0 Å². The lowest BCUT2D eigenvalue weighted by Gasteiger charge is -2.45. The number of piperidine rings is 3. The van der Waals surface area contributed by atoms with E-state index in [-0.39, 0.29) is 0 Å². The van der Waals surface area contributed by atoms with Crippen LogP contribution in [0.3, 0.4) is 0 Å². The molecule has 2 atom stereocenters. The lowest BCUT2D eigenvalue weighted by Crippen LogP contribution is -2.57. The van der Waals surface area contributed by atoms with Gasteiger partial charge in [0.25, 0.3) is 0 Å². The number of hydrogen-bond donors (Lipinski definition) is 1. The highest BCUT2D eigenvalue weighted by Crippen LogP contribution is 2.27. The maximum Gasteiger partial charge on any atom is 0.0224 e. The van der Waals surface area contributed by atoms with Crippen LogP contribution in [0.4, 0.5) is 0 Å². The van der Waals surface area contributed by atoms with Crippen molar-refractivity contribution in [1.29, 1.82) is 0 Å². The van der Waals surface area contributed by atoms with E-state index in [0.717, 1.165) is 18.0 Å². The largest absolute Gasteiger partial charge is 0.311 e. The Kier molecular flexibility index (Phi) is 3.18. The van der Waals surface area contributed by atoms with E-state index in [0.29, 0.717) is 0 Å². The van der Waals surface area contributed by atoms with Gasteiger partial charge in [-0.05, 0) is 58.3 Å². The van der Waals surface area contributed by atoms with Crippen molar-refractivity contribution in [2.45, 2.75) is 37.8 Å². The van der Waals surface area contributed by atoms with E-state index >= 15 is 0 Å². The van der Waals surface area contributed by atoms with Crippen LogP contribution in [0.1, 0.15) is 25.7 Å².